The van der Waals surface area contributed by atoms with Crippen LogP contribution in [0.2, 0.25) is 0 Å². The summed E-state index contributed by atoms with van der Waals surface area (Å²) in [6.07, 6.45) is 6.17. The molecule has 3 heteroatoms. The van der Waals surface area contributed by atoms with Gasteiger partial charge >= 0.3 is 5.97 Å². The van der Waals surface area contributed by atoms with E-state index in [1.165, 1.54) is 5.56 Å². The average Bonchev–Trinajstić information content (AvgIpc) is 2.69. The fourth-order valence-corrected chi connectivity index (χ4v) is 3.23. The second kappa shape index (κ2) is 11.5. The SMILES string of the molecule is CCC(CC)(CC)CC(OCCCc1ccccc1)OC(=O)C(C)(C)CC. The summed E-state index contributed by atoms with van der Waals surface area (Å²) in [6, 6.07) is 10.4. The monoisotopic (exact) mass is 376 g/mol. The summed E-state index contributed by atoms with van der Waals surface area (Å²) in [7, 11) is 0. The Bertz CT molecular complexity index is 524. The molecule has 0 saturated heterocycles. The number of rotatable bonds is 13. The molecule has 1 rings (SSSR count). The third-order valence-corrected chi connectivity index (χ3v) is 6.28. The maximum atomic E-state index is 12.6. The van der Waals surface area contributed by atoms with Gasteiger partial charge in [-0.3, -0.25) is 4.79 Å². The lowest BCUT2D eigenvalue weighted by Gasteiger charge is -2.35. The number of ether oxygens (including phenoxy) is 2. The van der Waals surface area contributed by atoms with Crippen LogP contribution in [0.5, 0.6) is 0 Å². The van der Waals surface area contributed by atoms with Gasteiger partial charge in [-0.05, 0) is 44.1 Å². The van der Waals surface area contributed by atoms with Crippen LogP contribution in [0.25, 0.3) is 0 Å². The lowest BCUT2D eigenvalue weighted by molar-refractivity contribution is -0.196. The van der Waals surface area contributed by atoms with E-state index < -0.39 is 11.7 Å². The van der Waals surface area contributed by atoms with Gasteiger partial charge in [-0.25, -0.2) is 0 Å². The van der Waals surface area contributed by atoms with Gasteiger partial charge in [0.1, 0.15) is 0 Å². The molecular weight excluding hydrogens is 336 g/mol. The van der Waals surface area contributed by atoms with Crippen molar-refractivity contribution in [3.63, 3.8) is 0 Å². The molecule has 0 aliphatic rings. The molecule has 0 saturated carbocycles. The van der Waals surface area contributed by atoms with E-state index in [1.54, 1.807) is 0 Å². The zero-order valence-electron chi connectivity index (χ0n) is 18.3. The molecular formula is C24H40O3. The van der Waals surface area contributed by atoms with Gasteiger partial charge in [-0.2, -0.15) is 0 Å². The van der Waals surface area contributed by atoms with Crippen molar-refractivity contribution in [3.05, 3.63) is 35.9 Å². The molecule has 0 radical (unpaired) electrons. The van der Waals surface area contributed by atoms with Gasteiger partial charge in [0, 0.05) is 6.42 Å². The van der Waals surface area contributed by atoms with Gasteiger partial charge in [0.25, 0.3) is 0 Å². The summed E-state index contributed by atoms with van der Waals surface area (Å²) < 4.78 is 12.0. The van der Waals surface area contributed by atoms with E-state index in [0.29, 0.717) is 6.61 Å². The van der Waals surface area contributed by atoms with Gasteiger partial charge in [0.05, 0.1) is 12.0 Å². The van der Waals surface area contributed by atoms with Crippen LogP contribution in [0.1, 0.15) is 85.6 Å². The number of aryl methyl sites for hydroxylation is 1. The van der Waals surface area contributed by atoms with E-state index in [9.17, 15) is 4.79 Å². The van der Waals surface area contributed by atoms with Crippen molar-refractivity contribution in [2.45, 2.75) is 92.8 Å². The molecule has 3 nitrogen and oxygen atoms in total. The molecule has 0 heterocycles. The van der Waals surface area contributed by atoms with E-state index in [0.717, 1.165) is 44.9 Å². The van der Waals surface area contributed by atoms with E-state index in [2.05, 4.69) is 45.0 Å². The smallest absolute Gasteiger partial charge is 0.313 e. The Morgan fingerprint density at radius 2 is 1.56 bits per heavy atom. The Hall–Kier alpha value is -1.35. The van der Waals surface area contributed by atoms with Crippen LogP contribution in [-0.4, -0.2) is 18.9 Å². The van der Waals surface area contributed by atoms with Crippen LogP contribution < -0.4 is 0 Å². The number of hydrogen-bond donors (Lipinski definition) is 0. The number of benzene rings is 1. The van der Waals surface area contributed by atoms with E-state index >= 15 is 0 Å². The predicted molar refractivity (Wildman–Crippen MR) is 113 cm³/mol. The summed E-state index contributed by atoms with van der Waals surface area (Å²) in [5.41, 5.74) is 1.01. The van der Waals surface area contributed by atoms with Crippen molar-refractivity contribution in [3.8, 4) is 0 Å². The Kier molecular flexibility index (Phi) is 10.1. The normalized spacial score (nSPS) is 13.4. The third kappa shape index (κ3) is 7.65. The first-order valence-electron chi connectivity index (χ1n) is 10.7. The van der Waals surface area contributed by atoms with E-state index in [1.807, 2.05) is 26.8 Å². The zero-order chi connectivity index (χ0) is 20.3. The molecule has 0 aliphatic heterocycles. The molecule has 0 aromatic heterocycles. The summed E-state index contributed by atoms with van der Waals surface area (Å²) in [5, 5.41) is 0. The highest BCUT2D eigenvalue weighted by atomic mass is 16.7. The summed E-state index contributed by atoms with van der Waals surface area (Å²) in [5.74, 6) is -0.157. The number of hydrogen-bond acceptors (Lipinski definition) is 3. The molecule has 0 bridgehead atoms. The fourth-order valence-electron chi connectivity index (χ4n) is 3.23. The Morgan fingerprint density at radius 1 is 0.963 bits per heavy atom. The second-order valence-corrected chi connectivity index (χ2v) is 8.30. The topological polar surface area (TPSA) is 35.5 Å². The molecule has 0 aliphatic carbocycles. The van der Waals surface area contributed by atoms with Crippen LogP contribution in [0, 0.1) is 10.8 Å². The lowest BCUT2D eigenvalue weighted by atomic mass is 9.76. The largest absolute Gasteiger partial charge is 0.435 e. The molecule has 0 spiro atoms. The van der Waals surface area contributed by atoms with Crippen molar-refractivity contribution in [2.24, 2.45) is 10.8 Å². The number of esters is 1. The van der Waals surface area contributed by atoms with Crippen LogP contribution >= 0.6 is 0 Å². The van der Waals surface area contributed by atoms with Gasteiger partial charge < -0.3 is 9.47 Å². The highest BCUT2D eigenvalue weighted by Gasteiger charge is 2.34. The number of carbonyl (C=O) groups excluding carboxylic acids is 1. The molecule has 27 heavy (non-hydrogen) atoms. The lowest BCUT2D eigenvalue weighted by Crippen LogP contribution is -2.35. The molecule has 0 amide bonds. The average molecular weight is 377 g/mol. The molecule has 1 aromatic carbocycles. The molecule has 154 valence electrons. The molecule has 1 unspecified atom stereocenters. The Labute approximate surface area is 166 Å². The first kappa shape index (κ1) is 23.7. The minimum absolute atomic E-state index is 0.157. The minimum Gasteiger partial charge on any atom is -0.435 e. The van der Waals surface area contributed by atoms with E-state index in [4.69, 9.17) is 9.47 Å². The third-order valence-electron chi connectivity index (χ3n) is 6.28. The van der Waals surface area contributed by atoms with Crippen LogP contribution in [0.15, 0.2) is 30.3 Å². The summed E-state index contributed by atoms with van der Waals surface area (Å²) in [4.78, 5) is 12.6. The van der Waals surface area contributed by atoms with Gasteiger partial charge in [-0.15, -0.1) is 0 Å². The molecule has 0 N–H and O–H groups in total. The first-order valence-corrected chi connectivity index (χ1v) is 10.7. The van der Waals surface area contributed by atoms with Crippen LogP contribution in [-0.2, 0) is 20.7 Å². The van der Waals surface area contributed by atoms with Crippen molar-refractivity contribution in [1.29, 1.82) is 0 Å². The fraction of sp³-hybridized carbons (Fsp3) is 0.708. The van der Waals surface area contributed by atoms with Crippen molar-refractivity contribution < 1.29 is 14.3 Å². The van der Waals surface area contributed by atoms with Crippen molar-refractivity contribution in [2.75, 3.05) is 6.61 Å². The zero-order valence-corrected chi connectivity index (χ0v) is 18.3. The molecule has 1 atom stereocenters. The standard InChI is InChI=1S/C24H40O3/c1-7-23(5,6)22(25)27-21(19-24(8-2,9-3)10-4)26-18-14-17-20-15-12-11-13-16-20/h11-13,15-16,21H,7-10,14,17-19H2,1-6H3. The van der Waals surface area contributed by atoms with E-state index in [-0.39, 0.29) is 11.4 Å². The Morgan fingerprint density at radius 3 is 2.07 bits per heavy atom. The molecule has 1 aromatic rings. The summed E-state index contributed by atoms with van der Waals surface area (Å²) >= 11 is 0. The van der Waals surface area contributed by atoms with Gasteiger partial charge in [0.2, 0.25) is 6.29 Å². The minimum atomic E-state index is -0.473. The highest BCUT2D eigenvalue weighted by molar-refractivity contribution is 5.75. The summed E-state index contributed by atoms with van der Waals surface area (Å²) in [6.45, 7) is 13.2. The van der Waals surface area contributed by atoms with Gasteiger partial charge in [-0.1, -0.05) is 77.3 Å². The first-order chi connectivity index (χ1) is 12.8. The maximum Gasteiger partial charge on any atom is 0.313 e. The van der Waals surface area contributed by atoms with Gasteiger partial charge in [0.15, 0.2) is 0 Å². The highest BCUT2D eigenvalue weighted by Crippen LogP contribution is 2.37. The quantitative estimate of drug-likeness (QED) is 0.222. The van der Waals surface area contributed by atoms with Crippen LogP contribution in [0.3, 0.4) is 0 Å². The Balaban J connectivity index is 2.70. The maximum absolute atomic E-state index is 12.6. The van der Waals surface area contributed by atoms with Crippen molar-refractivity contribution >= 4 is 5.97 Å². The molecule has 0 fully saturated rings. The predicted octanol–water partition coefficient (Wildman–Crippen LogP) is 6.55. The number of carbonyl (C=O) groups is 1. The van der Waals surface area contributed by atoms with Crippen molar-refractivity contribution in [1.82, 2.24) is 0 Å². The van der Waals surface area contributed by atoms with Crippen LogP contribution in [0.4, 0.5) is 0 Å². The second-order valence-electron chi connectivity index (χ2n) is 8.30.